The summed E-state index contributed by atoms with van der Waals surface area (Å²) in [5.74, 6) is 0. The molecule has 1 aromatic carbocycles. The fraction of sp³-hybridized carbons (Fsp3) is 0.333. The van der Waals surface area contributed by atoms with Gasteiger partial charge in [-0.25, -0.2) is 0 Å². The van der Waals surface area contributed by atoms with Crippen molar-refractivity contribution in [2.75, 3.05) is 31.1 Å². The molecule has 0 bridgehead atoms. The van der Waals surface area contributed by atoms with Crippen LogP contribution in [0, 0.1) is 0 Å². The number of benzene rings is 1. The van der Waals surface area contributed by atoms with Crippen LogP contribution in [0.15, 0.2) is 34.9 Å². The Morgan fingerprint density at radius 1 is 1.06 bits per heavy atom. The number of hydrogen-bond donors (Lipinski definition) is 1. The number of nitrogens with zero attached hydrogens (tertiary/aromatic N) is 1. The van der Waals surface area contributed by atoms with Crippen LogP contribution in [0.5, 0.6) is 0 Å². The summed E-state index contributed by atoms with van der Waals surface area (Å²) in [5.41, 5.74) is 2.26. The molecular formula is C12H16Cl2N2O. The first-order valence-electron chi connectivity index (χ1n) is 5.36. The number of halogens is 2. The summed E-state index contributed by atoms with van der Waals surface area (Å²) < 4.78 is 5.33. The Balaban J connectivity index is 0.000000722. The van der Waals surface area contributed by atoms with Crippen molar-refractivity contribution in [3.05, 3.63) is 30.5 Å². The lowest BCUT2D eigenvalue weighted by atomic mass is 10.2. The second kappa shape index (κ2) is 6.15. The van der Waals surface area contributed by atoms with Gasteiger partial charge < -0.3 is 14.6 Å². The lowest BCUT2D eigenvalue weighted by Gasteiger charge is -2.29. The molecule has 1 fully saturated rings. The highest BCUT2D eigenvalue weighted by atomic mass is 35.5. The molecule has 1 aliphatic rings. The van der Waals surface area contributed by atoms with Crippen LogP contribution in [-0.2, 0) is 0 Å². The molecule has 0 aliphatic carbocycles. The van der Waals surface area contributed by atoms with Crippen LogP contribution >= 0.6 is 24.8 Å². The number of nitrogens with one attached hydrogen (secondary N) is 1. The normalized spacial score (nSPS) is 15.2. The monoisotopic (exact) mass is 274 g/mol. The molecule has 3 rings (SSSR count). The molecule has 1 saturated heterocycles. The average Bonchev–Trinajstić information content (AvgIpc) is 2.77. The van der Waals surface area contributed by atoms with Gasteiger partial charge in [-0.3, -0.25) is 0 Å². The van der Waals surface area contributed by atoms with E-state index in [1.165, 1.54) is 11.1 Å². The smallest absolute Gasteiger partial charge is 0.133 e. The van der Waals surface area contributed by atoms with Crippen molar-refractivity contribution in [2.45, 2.75) is 0 Å². The van der Waals surface area contributed by atoms with E-state index in [9.17, 15) is 0 Å². The molecule has 3 nitrogen and oxygen atoms in total. The second-order valence-electron chi connectivity index (χ2n) is 3.88. The molecular weight excluding hydrogens is 259 g/mol. The summed E-state index contributed by atoms with van der Waals surface area (Å²) in [4.78, 5) is 2.41. The fourth-order valence-corrected chi connectivity index (χ4v) is 2.07. The molecule has 0 unspecified atom stereocenters. The van der Waals surface area contributed by atoms with Crippen molar-refractivity contribution >= 4 is 41.5 Å². The van der Waals surface area contributed by atoms with Crippen LogP contribution in [0.2, 0.25) is 0 Å². The predicted molar refractivity (Wildman–Crippen MR) is 75.8 cm³/mol. The van der Waals surface area contributed by atoms with Gasteiger partial charge in [-0.2, -0.15) is 0 Å². The number of anilines is 1. The zero-order valence-electron chi connectivity index (χ0n) is 9.39. The Bertz CT molecular complexity index is 466. The molecule has 2 heterocycles. The molecule has 0 radical (unpaired) electrons. The molecule has 5 heteroatoms. The van der Waals surface area contributed by atoms with Crippen molar-refractivity contribution < 1.29 is 4.42 Å². The van der Waals surface area contributed by atoms with Gasteiger partial charge in [0.1, 0.15) is 5.58 Å². The zero-order chi connectivity index (χ0) is 10.1. The lowest BCUT2D eigenvalue weighted by molar-refractivity contribution is 0.589. The number of hydrogen-bond acceptors (Lipinski definition) is 3. The highest BCUT2D eigenvalue weighted by Gasteiger charge is 2.10. The minimum absolute atomic E-state index is 0. The highest BCUT2D eigenvalue weighted by molar-refractivity contribution is 5.85. The van der Waals surface area contributed by atoms with Crippen LogP contribution in [0.25, 0.3) is 11.0 Å². The van der Waals surface area contributed by atoms with E-state index < -0.39 is 0 Å². The third-order valence-electron chi connectivity index (χ3n) is 2.92. The molecule has 1 N–H and O–H groups in total. The van der Waals surface area contributed by atoms with Gasteiger partial charge in [-0.05, 0) is 24.3 Å². The van der Waals surface area contributed by atoms with E-state index >= 15 is 0 Å². The summed E-state index contributed by atoms with van der Waals surface area (Å²) in [6.45, 7) is 4.32. The number of furan rings is 1. The SMILES string of the molecule is Cl.Cl.c1cc2cc(N3CCNCC3)ccc2o1. The minimum Gasteiger partial charge on any atom is -0.464 e. The Morgan fingerprint density at radius 3 is 2.59 bits per heavy atom. The number of rotatable bonds is 1. The Hall–Kier alpha value is -0.900. The van der Waals surface area contributed by atoms with Gasteiger partial charge in [0, 0.05) is 37.3 Å². The van der Waals surface area contributed by atoms with E-state index in [1.807, 2.05) is 12.1 Å². The third-order valence-corrected chi connectivity index (χ3v) is 2.92. The molecule has 0 amide bonds. The van der Waals surface area contributed by atoms with E-state index in [0.717, 1.165) is 31.8 Å². The van der Waals surface area contributed by atoms with Crippen LogP contribution in [0.4, 0.5) is 5.69 Å². The number of fused-ring (bicyclic) bond motifs is 1. The van der Waals surface area contributed by atoms with Crippen molar-refractivity contribution in [3.8, 4) is 0 Å². The van der Waals surface area contributed by atoms with E-state index in [-0.39, 0.29) is 24.8 Å². The topological polar surface area (TPSA) is 28.4 Å². The quantitative estimate of drug-likeness (QED) is 0.867. The maximum atomic E-state index is 5.33. The van der Waals surface area contributed by atoms with Crippen LogP contribution in [0.3, 0.4) is 0 Å². The highest BCUT2D eigenvalue weighted by Crippen LogP contribution is 2.23. The van der Waals surface area contributed by atoms with Crippen molar-refractivity contribution in [2.24, 2.45) is 0 Å². The molecule has 17 heavy (non-hydrogen) atoms. The van der Waals surface area contributed by atoms with Crippen LogP contribution < -0.4 is 10.2 Å². The van der Waals surface area contributed by atoms with Gasteiger partial charge >= 0.3 is 0 Å². The first kappa shape index (κ1) is 14.2. The standard InChI is InChI=1S/C12H14N2O.2ClH/c1-2-12-10(3-8-15-12)9-11(1)14-6-4-13-5-7-14;;/h1-3,8-9,13H,4-7H2;2*1H. The van der Waals surface area contributed by atoms with Gasteiger partial charge in [-0.15, -0.1) is 24.8 Å². The second-order valence-corrected chi connectivity index (χ2v) is 3.88. The molecule has 1 aliphatic heterocycles. The van der Waals surface area contributed by atoms with E-state index in [2.05, 4.69) is 22.3 Å². The molecule has 94 valence electrons. The first-order valence-corrected chi connectivity index (χ1v) is 5.36. The maximum absolute atomic E-state index is 5.33. The molecule has 1 aromatic heterocycles. The fourth-order valence-electron chi connectivity index (χ4n) is 2.07. The van der Waals surface area contributed by atoms with Gasteiger partial charge in [0.25, 0.3) is 0 Å². The van der Waals surface area contributed by atoms with Crippen LogP contribution in [0.1, 0.15) is 0 Å². The van der Waals surface area contributed by atoms with Gasteiger partial charge in [-0.1, -0.05) is 0 Å². The molecule has 2 aromatic rings. The Morgan fingerprint density at radius 2 is 1.82 bits per heavy atom. The Labute approximate surface area is 113 Å². The van der Waals surface area contributed by atoms with E-state index in [1.54, 1.807) is 6.26 Å². The zero-order valence-corrected chi connectivity index (χ0v) is 11.0. The Kier molecular flexibility index (Phi) is 5.12. The maximum Gasteiger partial charge on any atom is 0.133 e. The largest absolute Gasteiger partial charge is 0.464 e. The summed E-state index contributed by atoms with van der Waals surface area (Å²) >= 11 is 0. The van der Waals surface area contributed by atoms with Crippen LogP contribution in [-0.4, -0.2) is 26.2 Å². The summed E-state index contributed by atoms with van der Waals surface area (Å²) in [6, 6.07) is 8.40. The predicted octanol–water partition coefficient (Wildman–Crippen LogP) is 2.69. The molecule has 0 saturated carbocycles. The third kappa shape index (κ3) is 2.86. The summed E-state index contributed by atoms with van der Waals surface area (Å²) in [5, 5.41) is 4.54. The van der Waals surface area contributed by atoms with E-state index in [4.69, 9.17) is 4.42 Å². The summed E-state index contributed by atoms with van der Waals surface area (Å²) in [7, 11) is 0. The average molecular weight is 275 g/mol. The summed E-state index contributed by atoms with van der Waals surface area (Å²) in [6.07, 6.45) is 1.74. The van der Waals surface area contributed by atoms with Crippen molar-refractivity contribution in [1.29, 1.82) is 0 Å². The van der Waals surface area contributed by atoms with Gasteiger partial charge in [0.2, 0.25) is 0 Å². The minimum atomic E-state index is 0. The molecule has 0 spiro atoms. The van der Waals surface area contributed by atoms with Crippen molar-refractivity contribution in [1.82, 2.24) is 5.32 Å². The number of piperazine rings is 1. The van der Waals surface area contributed by atoms with E-state index in [0.29, 0.717) is 0 Å². The lowest BCUT2D eigenvalue weighted by Crippen LogP contribution is -2.43. The van der Waals surface area contributed by atoms with Gasteiger partial charge in [0.05, 0.1) is 6.26 Å². The van der Waals surface area contributed by atoms with Crippen molar-refractivity contribution in [3.63, 3.8) is 0 Å². The first-order chi connectivity index (χ1) is 7.43. The van der Waals surface area contributed by atoms with Gasteiger partial charge in [0.15, 0.2) is 0 Å². The molecule has 0 atom stereocenters.